The molecule has 4 nitrogen and oxygen atoms in total. The summed E-state index contributed by atoms with van der Waals surface area (Å²) in [5.74, 6) is 1.000. The molecule has 0 unspecified atom stereocenters. The molecule has 2 aromatic heterocycles. The van der Waals surface area contributed by atoms with Crippen molar-refractivity contribution in [3.05, 3.63) is 289 Å². The average Bonchev–Trinajstić information content (AvgIpc) is 4.09. The average molecular weight is 906 g/mol. The minimum Gasteiger partial charge on any atom is -0.457 e. The van der Waals surface area contributed by atoms with Gasteiger partial charge < -0.3 is 4.74 Å². The molecule has 0 bridgehead atoms. The summed E-state index contributed by atoms with van der Waals surface area (Å²) in [5, 5.41) is 12.4. The molecule has 0 saturated heterocycles. The van der Waals surface area contributed by atoms with Crippen LogP contribution in [-0.2, 0) is 5.41 Å². The van der Waals surface area contributed by atoms with Gasteiger partial charge in [-0.3, -0.25) is 8.97 Å². The van der Waals surface area contributed by atoms with E-state index in [0.29, 0.717) is 16.7 Å². The Morgan fingerprint density at radius 1 is 0.435 bits per heavy atom. The van der Waals surface area contributed by atoms with Gasteiger partial charge in [-0.1, -0.05) is 208 Å². The normalized spacial score (nSPS) is 17.0. The van der Waals surface area contributed by atoms with Gasteiger partial charge in [0.2, 0.25) is 5.78 Å². The SMILES string of the molecule is [2H]C([2H])([2H])C1(C([2H])([2H])[2H])c2ccccc2Oc2c1cc(-n1c3ccccc3n3c4ccccc4nc13)cc2[Si](c1ccccc1)(c1ccccc1)c1ccc2/c(c1)=c1/cccc/c1=c1\cccc\c1=c1/cccc/c1=2. The molecule has 1 aliphatic carbocycles. The number of fused-ring (bicyclic) bond motifs is 11. The molecule has 1 aliphatic heterocycles. The fourth-order valence-electron chi connectivity index (χ4n) is 11.6. The quantitative estimate of drug-likeness (QED) is 0.127. The first-order valence-electron chi connectivity index (χ1n) is 26.4. The molecular weight excluding hydrogens is 855 g/mol. The fourth-order valence-corrected chi connectivity index (χ4v) is 16.5. The zero-order chi connectivity index (χ0) is 50.8. The number of benzene rings is 10. The third-order valence-corrected chi connectivity index (χ3v) is 19.3. The third kappa shape index (κ3) is 5.65. The Kier molecular flexibility index (Phi) is 7.36. The second-order valence-corrected chi connectivity index (χ2v) is 21.9. The molecule has 0 N–H and O–H groups in total. The van der Waals surface area contributed by atoms with E-state index in [1.54, 1.807) is 30.3 Å². The predicted octanol–water partition coefficient (Wildman–Crippen LogP) is 11.7. The zero-order valence-corrected chi connectivity index (χ0v) is 38.3. The van der Waals surface area contributed by atoms with Crippen LogP contribution >= 0.6 is 0 Å². The van der Waals surface area contributed by atoms with Gasteiger partial charge >= 0.3 is 0 Å². The van der Waals surface area contributed by atoms with Crippen LogP contribution in [0.3, 0.4) is 0 Å². The standard InChI is InChI=1S/C64H45N3OSi/c1-64(2)54-31-15-20-36-60(54)68-62-55(64)39-42(66-58-34-18-19-35-59(58)67-57-33-17-16-32-56(57)65-63(66)67)40-61(62)69(43-21-5-3-6-22-43,44-23-7-4-8-24-44)45-37-38-52-50-29-12-11-27-48(50)46-25-9-10-26-47(46)49-28-13-14-30-51(49)53(52)41-45/h3-41H,1-2H3/b48-46-,49-47-,52-50-,53-51-/i1D3,2D3. The molecule has 0 atom stereocenters. The van der Waals surface area contributed by atoms with Crippen molar-refractivity contribution in [1.82, 2.24) is 14.0 Å². The van der Waals surface area contributed by atoms with Crippen molar-refractivity contribution in [2.45, 2.75) is 19.1 Å². The van der Waals surface area contributed by atoms with Gasteiger partial charge in [-0.05, 0) is 105 Å². The summed E-state index contributed by atoms with van der Waals surface area (Å²) in [5.41, 5.74) is 1.53. The summed E-state index contributed by atoms with van der Waals surface area (Å²) in [6.07, 6.45) is 0. The number of ether oxygens (including phenoxy) is 1. The summed E-state index contributed by atoms with van der Waals surface area (Å²) in [7, 11) is -3.90. The molecule has 14 rings (SSSR count). The molecule has 0 radical (unpaired) electrons. The first-order chi connectivity index (χ1) is 36.5. The topological polar surface area (TPSA) is 31.5 Å². The second-order valence-electron chi connectivity index (χ2n) is 18.2. The van der Waals surface area contributed by atoms with Crippen LogP contribution in [0.1, 0.15) is 33.1 Å². The van der Waals surface area contributed by atoms with Gasteiger partial charge in [0.05, 0.1) is 22.1 Å². The zero-order valence-electron chi connectivity index (χ0n) is 43.3. The molecule has 3 heterocycles. The Balaban J connectivity index is 1.25. The summed E-state index contributed by atoms with van der Waals surface area (Å²) in [6.45, 7) is -6.23. The van der Waals surface area contributed by atoms with Crippen LogP contribution in [0.5, 0.6) is 11.5 Å². The van der Waals surface area contributed by atoms with Crippen molar-refractivity contribution >= 4 is 56.7 Å². The summed E-state index contributed by atoms with van der Waals surface area (Å²) in [6, 6.07) is 80.3. The molecule has 326 valence electrons. The molecule has 0 amide bonds. The first kappa shape index (κ1) is 33.9. The maximum Gasteiger partial charge on any atom is 0.220 e. The second kappa shape index (κ2) is 15.0. The summed E-state index contributed by atoms with van der Waals surface area (Å²) >= 11 is 0. The number of rotatable bonds is 5. The first-order valence-corrected chi connectivity index (χ1v) is 25.4. The molecule has 12 aromatic rings. The highest BCUT2D eigenvalue weighted by atomic mass is 28.3. The molecule has 0 saturated carbocycles. The minimum absolute atomic E-state index is 0.0617. The third-order valence-electron chi connectivity index (χ3n) is 14.6. The largest absolute Gasteiger partial charge is 0.457 e. The molecule has 5 heteroatoms. The van der Waals surface area contributed by atoms with Gasteiger partial charge in [-0.25, -0.2) is 4.98 Å². The van der Waals surface area contributed by atoms with E-state index >= 15 is 0 Å². The van der Waals surface area contributed by atoms with Crippen LogP contribution in [-0.4, -0.2) is 22.0 Å². The maximum atomic E-state index is 9.62. The van der Waals surface area contributed by atoms with Crippen LogP contribution in [0, 0.1) is 41.7 Å². The number of para-hydroxylation sites is 5. The van der Waals surface area contributed by atoms with E-state index < -0.39 is 27.2 Å². The molecular formula is C64H45N3OSi. The van der Waals surface area contributed by atoms with Gasteiger partial charge in [-0.2, -0.15) is 0 Å². The van der Waals surface area contributed by atoms with Crippen molar-refractivity contribution < 1.29 is 13.0 Å². The number of nitrogens with zero attached hydrogens (tertiary/aromatic N) is 3. The van der Waals surface area contributed by atoms with Gasteiger partial charge in [0, 0.05) is 30.5 Å². The van der Waals surface area contributed by atoms with Crippen molar-refractivity contribution in [2.24, 2.45) is 0 Å². The highest BCUT2D eigenvalue weighted by molar-refractivity contribution is 7.20. The lowest BCUT2D eigenvalue weighted by molar-refractivity contribution is 0.421. The van der Waals surface area contributed by atoms with Crippen molar-refractivity contribution in [1.29, 1.82) is 0 Å². The van der Waals surface area contributed by atoms with Crippen LogP contribution < -0.4 is 25.5 Å². The highest BCUT2D eigenvalue weighted by Crippen LogP contribution is 2.48. The Morgan fingerprint density at radius 2 is 0.942 bits per heavy atom. The number of aromatic nitrogens is 3. The fraction of sp³-hybridized carbons (Fsp3) is 0.0469. The molecule has 2 aliphatic rings. The summed E-state index contributed by atoms with van der Waals surface area (Å²) in [4.78, 5) is 5.28. The van der Waals surface area contributed by atoms with Crippen molar-refractivity contribution in [2.75, 3.05) is 0 Å². The molecule has 69 heavy (non-hydrogen) atoms. The van der Waals surface area contributed by atoms with Gasteiger partial charge in [-0.15, -0.1) is 0 Å². The Bertz CT molecular complexity index is 4690. The van der Waals surface area contributed by atoms with Gasteiger partial charge in [0.25, 0.3) is 0 Å². The highest BCUT2D eigenvalue weighted by Gasteiger charge is 2.47. The predicted molar refractivity (Wildman–Crippen MR) is 282 cm³/mol. The van der Waals surface area contributed by atoms with Gasteiger partial charge in [0.15, 0.2) is 8.07 Å². The van der Waals surface area contributed by atoms with E-state index in [9.17, 15) is 8.22 Å². The van der Waals surface area contributed by atoms with Crippen LogP contribution in [0.2, 0.25) is 0 Å². The van der Waals surface area contributed by atoms with E-state index in [2.05, 4.69) is 161 Å². The van der Waals surface area contributed by atoms with Crippen molar-refractivity contribution in [3.63, 3.8) is 0 Å². The van der Waals surface area contributed by atoms with Crippen LogP contribution in [0.25, 0.3) is 33.5 Å². The maximum absolute atomic E-state index is 9.62. The lowest BCUT2D eigenvalue weighted by atomic mass is 9.75. The van der Waals surface area contributed by atoms with Crippen LogP contribution in [0.15, 0.2) is 237 Å². The number of hydrogen-bond donors (Lipinski definition) is 0. The molecule has 0 spiro atoms. The summed E-state index contributed by atoms with van der Waals surface area (Å²) < 4.78 is 69.2. The lowest BCUT2D eigenvalue weighted by Gasteiger charge is -2.41. The van der Waals surface area contributed by atoms with E-state index in [4.69, 9.17) is 9.72 Å². The van der Waals surface area contributed by atoms with E-state index in [-0.39, 0.29) is 22.6 Å². The lowest BCUT2D eigenvalue weighted by Crippen LogP contribution is -2.75. The van der Waals surface area contributed by atoms with E-state index in [1.807, 2.05) is 54.6 Å². The smallest absolute Gasteiger partial charge is 0.220 e. The van der Waals surface area contributed by atoms with Crippen molar-refractivity contribution in [3.8, 4) is 17.2 Å². The number of imidazole rings is 2. The van der Waals surface area contributed by atoms with Crippen LogP contribution in [0.4, 0.5) is 0 Å². The Labute approximate surface area is 407 Å². The molecule has 0 fully saturated rings. The van der Waals surface area contributed by atoms with E-state index in [0.717, 1.165) is 79.4 Å². The minimum atomic E-state index is -3.90. The monoisotopic (exact) mass is 905 g/mol. The Morgan fingerprint density at radius 3 is 1.57 bits per heavy atom. The Hall–Kier alpha value is -8.51. The number of hydrogen-bond acceptors (Lipinski definition) is 2. The molecule has 10 aromatic carbocycles. The van der Waals surface area contributed by atoms with E-state index in [1.165, 1.54) is 0 Å². The van der Waals surface area contributed by atoms with Gasteiger partial charge in [0.1, 0.15) is 11.5 Å².